The van der Waals surface area contributed by atoms with E-state index in [1.54, 1.807) is 0 Å². The molecule has 0 aromatic heterocycles. The smallest absolute Gasteiger partial charge is 0.225 e. The quantitative estimate of drug-likeness (QED) is 0.722. The lowest BCUT2D eigenvalue weighted by molar-refractivity contribution is 0.360. The molecule has 0 spiro atoms. The third kappa shape index (κ3) is 6.19. The van der Waals surface area contributed by atoms with E-state index in [-0.39, 0.29) is 6.35 Å². The summed E-state index contributed by atoms with van der Waals surface area (Å²) in [4.78, 5) is 8.78. The first-order chi connectivity index (χ1) is 11.0. The van der Waals surface area contributed by atoms with Crippen LogP contribution in [-0.2, 0) is 11.0 Å². The van der Waals surface area contributed by atoms with Crippen LogP contribution in [-0.4, -0.2) is 17.3 Å². The van der Waals surface area contributed by atoms with Crippen LogP contribution in [0.2, 0.25) is 0 Å². The summed E-state index contributed by atoms with van der Waals surface area (Å²) >= 11 is 0. The number of benzene rings is 2. The fourth-order valence-corrected chi connectivity index (χ4v) is 2.83. The van der Waals surface area contributed by atoms with Gasteiger partial charge in [-0.2, -0.15) is 0 Å². The summed E-state index contributed by atoms with van der Waals surface area (Å²) < 4.78 is 15.9. The minimum atomic E-state index is -2.58. The Kier molecular flexibility index (Phi) is 6.85. The molecule has 0 fully saturated rings. The van der Waals surface area contributed by atoms with E-state index in [1.165, 1.54) is 11.1 Å². The molecule has 2 aromatic carbocycles. The molecule has 0 bridgehead atoms. The van der Waals surface area contributed by atoms with Crippen LogP contribution in [0, 0.1) is 0 Å². The number of nitrogens with one attached hydrogen (secondary N) is 1. The van der Waals surface area contributed by atoms with Crippen molar-refractivity contribution >= 4 is 8.03 Å². The van der Waals surface area contributed by atoms with Gasteiger partial charge < -0.3 is 14.9 Å². The van der Waals surface area contributed by atoms with Crippen molar-refractivity contribution < 1.29 is 14.2 Å². The summed E-state index contributed by atoms with van der Waals surface area (Å²) in [5, 5.41) is 3.60. The highest BCUT2D eigenvalue weighted by molar-refractivity contribution is 7.37. The monoisotopic (exact) mass is 333 g/mol. The highest BCUT2D eigenvalue weighted by Gasteiger charge is 2.10. The first kappa shape index (κ1) is 17.7. The molecule has 0 heterocycles. The van der Waals surface area contributed by atoms with Gasteiger partial charge in [-0.3, -0.25) is 4.57 Å². The standard InChI is InChI=1S/C18H24NO3P/c1-14(19-15(2)17-6-4-3-5-7-17)12-16-8-10-18(11-9-16)22-13-23(20)21/h3-11,14-15,19,23H,12-13H2,1-2H3,(H,20,21). The third-order valence-corrected chi connectivity index (χ3v) is 4.05. The third-order valence-electron chi connectivity index (χ3n) is 3.66. The van der Waals surface area contributed by atoms with Crippen molar-refractivity contribution in [3.8, 4) is 5.75 Å². The maximum atomic E-state index is 10.7. The lowest BCUT2D eigenvalue weighted by Gasteiger charge is -2.20. The van der Waals surface area contributed by atoms with E-state index in [4.69, 9.17) is 9.63 Å². The van der Waals surface area contributed by atoms with Gasteiger partial charge in [-0.15, -0.1) is 0 Å². The predicted octanol–water partition coefficient (Wildman–Crippen LogP) is 3.77. The lowest BCUT2D eigenvalue weighted by Crippen LogP contribution is -2.30. The van der Waals surface area contributed by atoms with Crippen molar-refractivity contribution in [2.45, 2.75) is 32.4 Å². The van der Waals surface area contributed by atoms with Gasteiger partial charge in [0.05, 0.1) is 0 Å². The van der Waals surface area contributed by atoms with E-state index < -0.39 is 8.03 Å². The molecule has 0 aliphatic heterocycles. The maximum absolute atomic E-state index is 10.7. The Balaban J connectivity index is 1.85. The SMILES string of the molecule is CC(Cc1ccc(OC[PH](=O)O)cc1)NC(C)c1ccccc1. The average Bonchev–Trinajstić information content (AvgIpc) is 2.55. The second-order valence-corrected chi connectivity index (χ2v) is 6.81. The lowest BCUT2D eigenvalue weighted by atomic mass is 10.0. The minimum Gasteiger partial charge on any atom is -0.484 e. The van der Waals surface area contributed by atoms with E-state index in [9.17, 15) is 4.57 Å². The Bertz CT molecular complexity index is 616. The fraction of sp³-hybridized carbons (Fsp3) is 0.333. The van der Waals surface area contributed by atoms with Crippen LogP contribution in [0.5, 0.6) is 5.75 Å². The number of ether oxygens (including phenoxy) is 1. The molecule has 0 aliphatic carbocycles. The van der Waals surface area contributed by atoms with Crippen molar-refractivity contribution in [2.24, 2.45) is 0 Å². The minimum absolute atomic E-state index is 0.128. The summed E-state index contributed by atoms with van der Waals surface area (Å²) in [6.45, 7) is 4.33. The van der Waals surface area contributed by atoms with Gasteiger partial charge >= 0.3 is 0 Å². The molecule has 0 amide bonds. The Labute approximate surface area is 138 Å². The normalized spacial score (nSPS) is 14.9. The summed E-state index contributed by atoms with van der Waals surface area (Å²) in [6, 6.07) is 18.7. The highest BCUT2D eigenvalue weighted by Crippen LogP contribution is 2.19. The Hall–Kier alpha value is -1.61. The first-order valence-electron chi connectivity index (χ1n) is 7.79. The molecule has 0 saturated heterocycles. The zero-order valence-corrected chi connectivity index (χ0v) is 14.5. The van der Waals surface area contributed by atoms with Crippen molar-refractivity contribution in [1.82, 2.24) is 5.32 Å². The van der Waals surface area contributed by atoms with Crippen molar-refractivity contribution in [3.05, 3.63) is 65.7 Å². The second kappa shape index (κ2) is 8.88. The van der Waals surface area contributed by atoms with Gasteiger partial charge in [-0.25, -0.2) is 0 Å². The molecule has 2 rings (SSSR count). The number of hydrogen-bond acceptors (Lipinski definition) is 3. The van der Waals surface area contributed by atoms with Gasteiger partial charge in [0.15, 0.2) is 6.35 Å². The predicted molar refractivity (Wildman–Crippen MR) is 94.3 cm³/mol. The Morgan fingerprint density at radius 2 is 1.74 bits per heavy atom. The van der Waals surface area contributed by atoms with E-state index in [0.717, 1.165) is 6.42 Å². The van der Waals surface area contributed by atoms with E-state index in [2.05, 4.69) is 43.4 Å². The van der Waals surface area contributed by atoms with E-state index >= 15 is 0 Å². The molecule has 0 radical (unpaired) electrons. The van der Waals surface area contributed by atoms with Gasteiger partial charge in [0.2, 0.25) is 8.03 Å². The molecule has 2 N–H and O–H groups in total. The van der Waals surface area contributed by atoms with Crippen molar-refractivity contribution in [1.29, 1.82) is 0 Å². The van der Waals surface area contributed by atoms with E-state index in [0.29, 0.717) is 17.8 Å². The van der Waals surface area contributed by atoms with Gasteiger partial charge in [0.1, 0.15) is 5.75 Å². The molecule has 0 saturated carbocycles. The van der Waals surface area contributed by atoms with Crippen molar-refractivity contribution in [3.63, 3.8) is 0 Å². The van der Waals surface area contributed by atoms with Gasteiger partial charge in [0.25, 0.3) is 0 Å². The van der Waals surface area contributed by atoms with Crippen LogP contribution in [0.3, 0.4) is 0 Å². The molecule has 4 nitrogen and oxygen atoms in total. The molecular formula is C18H24NO3P. The topological polar surface area (TPSA) is 58.6 Å². The Morgan fingerprint density at radius 1 is 1.09 bits per heavy atom. The van der Waals surface area contributed by atoms with Gasteiger partial charge in [0, 0.05) is 12.1 Å². The number of hydrogen-bond donors (Lipinski definition) is 2. The molecule has 23 heavy (non-hydrogen) atoms. The summed E-state index contributed by atoms with van der Waals surface area (Å²) in [5.41, 5.74) is 2.48. The van der Waals surface area contributed by atoms with Crippen LogP contribution < -0.4 is 10.1 Å². The molecular weight excluding hydrogens is 309 g/mol. The summed E-state index contributed by atoms with van der Waals surface area (Å²) in [6.07, 6.45) is 0.782. The molecule has 2 aromatic rings. The molecule has 124 valence electrons. The van der Waals surface area contributed by atoms with Crippen LogP contribution >= 0.6 is 8.03 Å². The highest BCUT2D eigenvalue weighted by atomic mass is 31.1. The van der Waals surface area contributed by atoms with Gasteiger partial charge in [-0.05, 0) is 43.5 Å². The fourth-order valence-electron chi connectivity index (χ4n) is 2.54. The Morgan fingerprint density at radius 3 is 2.35 bits per heavy atom. The number of rotatable bonds is 8. The zero-order chi connectivity index (χ0) is 16.7. The maximum Gasteiger partial charge on any atom is 0.225 e. The zero-order valence-electron chi connectivity index (χ0n) is 13.5. The molecule has 3 atom stereocenters. The van der Waals surface area contributed by atoms with E-state index in [1.807, 2.05) is 30.3 Å². The largest absolute Gasteiger partial charge is 0.484 e. The molecule has 3 unspecified atom stereocenters. The van der Waals surface area contributed by atoms with Crippen LogP contribution in [0.25, 0.3) is 0 Å². The van der Waals surface area contributed by atoms with Crippen LogP contribution in [0.4, 0.5) is 0 Å². The summed E-state index contributed by atoms with van der Waals surface area (Å²) in [5.74, 6) is 0.624. The molecule has 0 aliphatic rings. The van der Waals surface area contributed by atoms with Crippen molar-refractivity contribution in [2.75, 3.05) is 6.35 Å². The van der Waals surface area contributed by atoms with Crippen LogP contribution in [0.1, 0.15) is 31.0 Å². The summed E-state index contributed by atoms with van der Waals surface area (Å²) in [7, 11) is -2.58. The van der Waals surface area contributed by atoms with Gasteiger partial charge in [-0.1, -0.05) is 42.5 Å². The average molecular weight is 333 g/mol. The molecule has 5 heteroatoms. The van der Waals surface area contributed by atoms with Crippen LogP contribution in [0.15, 0.2) is 54.6 Å². The first-order valence-corrected chi connectivity index (χ1v) is 9.35. The second-order valence-electron chi connectivity index (χ2n) is 5.73.